The van der Waals surface area contributed by atoms with E-state index in [9.17, 15) is 0 Å². The van der Waals surface area contributed by atoms with Crippen molar-refractivity contribution in [1.82, 2.24) is 0 Å². The first-order valence-electron chi connectivity index (χ1n) is 14.5. The maximum Gasteiger partial charge on any atom is 0.0748 e. The zero-order chi connectivity index (χ0) is 27.6. The van der Waals surface area contributed by atoms with Crippen LogP contribution in [0.25, 0.3) is 22.3 Å². The lowest BCUT2D eigenvalue weighted by Gasteiger charge is -2.51. The molecule has 0 radical (unpaired) electrons. The molecule has 6 aromatic carbocycles. The number of benzene rings is 6. The molecular weight excluding hydrogens is 494 g/mol. The van der Waals surface area contributed by atoms with E-state index in [1.165, 1.54) is 55.6 Å². The van der Waals surface area contributed by atoms with E-state index in [-0.39, 0.29) is 5.41 Å². The summed E-state index contributed by atoms with van der Waals surface area (Å²) in [6.45, 7) is 4.78. The van der Waals surface area contributed by atoms with Crippen molar-refractivity contribution in [3.63, 3.8) is 0 Å². The summed E-state index contributed by atoms with van der Waals surface area (Å²) in [5.74, 6) is 0. The van der Waals surface area contributed by atoms with Crippen LogP contribution in [0.5, 0.6) is 0 Å². The third kappa shape index (κ3) is 3.36. The van der Waals surface area contributed by atoms with Crippen molar-refractivity contribution in [3.05, 3.63) is 179 Å². The minimum absolute atomic E-state index is 0.172. The number of hydrogen-bond donors (Lipinski definition) is 1. The van der Waals surface area contributed by atoms with E-state index in [1.807, 2.05) is 0 Å². The van der Waals surface area contributed by atoms with Crippen LogP contribution in [0.2, 0.25) is 0 Å². The lowest BCUT2D eigenvalue weighted by atomic mass is 9.53. The Labute approximate surface area is 242 Å². The van der Waals surface area contributed by atoms with Crippen molar-refractivity contribution in [2.24, 2.45) is 0 Å². The second kappa shape index (κ2) is 8.81. The molecule has 1 nitrogen and oxygen atoms in total. The fourth-order valence-electron chi connectivity index (χ4n) is 7.42. The van der Waals surface area contributed by atoms with Crippen molar-refractivity contribution < 1.29 is 0 Å². The number of hydrogen-bond acceptors (Lipinski definition) is 1. The fraction of sp³-hybridized carbons (Fsp3) is 0.100. The Balaban J connectivity index is 1.55. The molecule has 1 heteroatoms. The van der Waals surface area contributed by atoms with Crippen LogP contribution in [0.1, 0.15) is 47.2 Å². The van der Waals surface area contributed by atoms with Gasteiger partial charge in [0.15, 0.2) is 0 Å². The normalized spacial score (nSPS) is 15.2. The van der Waals surface area contributed by atoms with Gasteiger partial charge in [-0.25, -0.2) is 0 Å². The molecule has 8 rings (SSSR count). The highest BCUT2D eigenvalue weighted by molar-refractivity contribution is 5.86. The molecular formula is C40H31N. The summed E-state index contributed by atoms with van der Waals surface area (Å²) in [4.78, 5) is 0. The number of rotatable bonds is 2. The van der Waals surface area contributed by atoms with Crippen molar-refractivity contribution >= 4 is 11.4 Å². The van der Waals surface area contributed by atoms with Gasteiger partial charge in [0, 0.05) is 16.8 Å². The highest BCUT2D eigenvalue weighted by Crippen LogP contribution is 2.61. The molecule has 0 saturated heterocycles. The average Bonchev–Trinajstić information content (AvgIpc) is 3.03. The SMILES string of the molecule is CC1(C)c2ccc(-c3ccccc3)cc2C2(c3ccccc3Nc3ccccc32)c2cc(-c3ccccc3)ccc21. The maximum atomic E-state index is 3.79. The van der Waals surface area contributed by atoms with E-state index < -0.39 is 5.41 Å². The predicted octanol–water partition coefficient (Wildman–Crippen LogP) is 10.1. The van der Waals surface area contributed by atoms with Gasteiger partial charge in [0.05, 0.1) is 5.41 Å². The molecule has 1 aliphatic heterocycles. The van der Waals surface area contributed by atoms with Crippen LogP contribution in [0, 0.1) is 0 Å². The molecule has 0 amide bonds. The summed E-state index contributed by atoms with van der Waals surface area (Å²) in [6, 6.07) is 53.7. The highest BCUT2D eigenvalue weighted by Gasteiger charge is 2.52. The average molecular weight is 526 g/mol. The van der Waals surface area contributed by atoms with Gasteiger partial charge >= 0.3 is 0 Å². The maximum absolute atomic E-state index is 3.79. The van der Waals surface area contributed by atoms with Gasteiger partial charge in [-0.05, 0) is 79.9 Å². The third-order valence-electron chi connectivity index (χ3n) is 9.34. The van der Waals surface area contributed by atoms with Gasteiger partial charge in [0.1, 0.15) is 0 Å². The van der Waals surface area contributed by atoms with Gasteiger partial charge in [-0.1, -0.05) is 135 Å². The van der Waals surface area contributed by atoms with Gasteiger partial charge in [0.25, 0.3) is 0 Å². The first-order valence-corrected chi connectivity index (χ1v) is 14.5. The van der Waals surface area contributed by atoms with E-state index in [2.05, 4.69) is 165 Å². The van der Waals surface area contributed by atoms with Crippen molar-refractivity contribution in [2.75, 3.05) is 5.32 Å². The first-order chi connectivity index (χ1) is 20.1. The summed E-state index contributed by atoms with van der Waals surface area (Å²) in [7, 11) is 0. The largest absolute Gasteiger partial charge is 0.355 e. The van der Waals surface area contributed by atoms with Crippen LogP contribution in [-0.4, -0.2) is 0 Å². The minimum atomic E-state index is -0.478. The molecule has 41 heavy (non-hydrogen) atoms. The number of fused-ring (bicyclic) bond motifs is 8. The third-order valence-corrected chi connectivity index (χ3v) is 9.34. The molecule has 6 aromatic rings. The molecule has 1 spiro atoms. The van der Waals surface area contributed by atoms with Crippen LogP contribution in [0.4, 0.5) is 11.4 Å². The monoisotopic (exact) mass is 525 g/mol. The van der Waals surface area contributed by atoms with Gasteiger partial charge in [-0.3, -0.25) is 0 Å². The summed E-state index contributed by atoms with van der Waals surface area (Å²) in [5, 5.41) is 3.79. The summed E-state index contributed by atoms with van der Waals surface area (Å²) < 4.78 is 0. The van der Waals surface area contributed by atoms with Crippen molar-refractivity contribution in [1.29, 1.82) is 0 Å². The van der Waals surface area contributed by atoms with Gasteiger partial charge in [-0.2, -0.15) is 0 Å². The second-order valence-electron chi connectivity index (χ2n) is 11.8. The molecule has 2 aliphatic rings. The summed E-state index contributed by atoms with van der Waals surface area (Å²) in [6.07, 6.45) is 0. The summed E-state index contributed by atoms with van der Waals surface area (Å²) in [5.41, 5.74) is 14.7. The van der Waals surface area contributed by atoms with Crippen LogP contribution in [-0.2, 0) is 10.8 Å². The zero-order valence-corrected chi connectivity index (χ0v) is 23.4. The predicted molar refractivity (Wildman–Crippen MR) is 171 cm³/mol. The van der Waals surface area contributed by atoms with Crippen molar-refractivity contribution in [2.45, 2.75) is 24.7 Å². The first kappa shape index (κ1) is 24.0. The Morgan fingerprint density at radius 1 is 0.366 bits per heavy atom. The molecule has 196 valence electrons. The van der Waals surface area contributed by atoms with Crippen molar-refractivity contribution in [3.8, 4) is 22.3 Å². The Hall–Kier alpha value is -4.88. The molecule has 1 N–H and O–H groups in total. The van der Waals surface area contributed by atoms with Gasteiger partial charge in [0.2, 0.25) is 0 Å². The highest BCUT2D eigenvalue weighted by atomic mass is 14.9. The van der Waals surface area contributed by atoms with E-state index >= 15 is 0 Å². The van der Waals surface area contributed by atoms with Crippen LogP contribution in [0.3, 0.4) is 0 Å². The van der Waals surface area contributed by atoms with E-state index in [0.717, 1.165) is 11.4 Å². The van der Waals surface area contributed by atoms with E-state index in [4.69, 9.17) is 0 Å². The molecule has 0 bridgehead atoms. The number of nitrogens with one attached hydrogen (secondary N) is 1. The lowest BCUT2D eigenvalue weighted by Crippen LogP contribution is -2.44. The quantitative estimate of drug-likeness (QED) is 0.237. The Bertz CT molecular complexity index is 1790. The fourth-order valence-corrected chi connectivity index (χ4v) is 7.42. The standard InChI is InChI=1S/C40H31N/c1-39(2)31-23-21-29(27-13-5-3-6-14-27)25-35(31)40(36-26-30(22-24-32(36)39)28-15-7-4-8-16-28)33-17-9-11-19-37(33)41-38-20-12-10-18-34(38)40/h3-26,41H,1-2H3. The zero-order valence-electron chi connectivity index (χ0n) is 23.4. The van der Waals surface area contributed by atoms with Crippen LogP contribution >= 0.6 is 0 Å². The van der Waals surface area contributed by atoms with E-state index in [0.29, 0.717) is 0 Å². The van der Waals surface area contributed by atoms with Crippen LogP contribution in [0.15, 0.2) is 146 Å². The molecule has 0 saturated carbocycles. The minimum Gasteiger partial charge on any atom is -0.355 e. The number of anilines is 2. The van der Waals surface area contributed by atoms with Gasteiger partial charge < -0.3 is 5.32 Å². The molecule has 0 fully saturated rings. The molecule has 1 aliphatic carbocycles. The Morgan fingerprint density at radius 2 is 0.780 bits per heavy atom. The molecule has 0 unspecified atom stereocenters. The molecule has 0 atom stereocenters. The smallest absolute Gasteiger partial charge is 0.0748 e. The van der Waals surface area contributed by atoms with Crippen LogP contribution < -0.4 is 5.32 Å². The Morgan fingerprint density at radius 3 is 1.24 bits per heavy atom. The lowest BCUT2D eigenvalue weighted by molar-refractivity contribution is 0.558. The second-order valence-corrected chi connectivity index (χ2v) is 11.8. The number of para-hydroxylation sites is 2. The summed E-state index contributed by atoms with van der Waals surface area (Å²) >= 11 is 0. The molecule has 0 aromatic heterocycles. The Kier molecular flexibility index (Phi) is 5.15. The van der Waals surface area contributed by atoms with Gasteiger partial charge in [-0.15, -0.1) is 0 Å². The molecule has 1 heterocycles. The van der Waals surface area contributed by atoms with E-state index in [1.54, 1.807) is 0 Å². The topological polar surface area (TPSA) is 12.0 Å².